The summed E-state index contributed by atoms with van der Waals surface area (Å²) in [5.41, 5.74) is -0.0143. The Kier molecular flexibility index (Phi) is 2.28. The van der Waals surface area contributed by atoms with Crippen LogP contribution in [0.2, 0.25) is 0 Å². The molecule has 3 heteroatoms. The van der Waals surface area contributed by atoms with Crippen LogP contribution in [-0.2, 0) is 4.79 Å². The molecule has 64 valence electrons. The van der Waals surface area contributed by atoms with Gasteiger partial charge in [0.2, 0.25) is 5.91 Å². The summed E-state index contributed by atoms with van der Waals surface area (Å²) in [7, 11) is 0. The van der Waals surface area contributed by atoms with Gasteiger partial charge in [-0.1, -0.05) is 15.9 Å². The first-order chi connectivity index (χ1) is 4.93. The van der Waals surface area contributed by atoms with Crippen molar-refractivity contribution in [1.82, 2.24) is 4.90 Å². The molecule has 1 saturated heterocycles. The number of rotatable bonds is 0. The van der Waals surface area contributed by atoms with Crippen LogP contribution in [-0.4, -0.2) is 27.7 Å². The molecule has 0 bridgehead atoms. The van der Waals surface area contributed by atoms with Gasteiger partial charge in [0.1, 0.15) is 0 Å². The largest absolute Gasteiger partial charge is 0.337 e. The third-order valence-electron chi connectivity index (χ3n) is 1.95. The molecule has 0 saturated carbocycles. The molecule has 2 nitrogen and oxygen atoms in total. The molecule has 0 N–H and O–H groups in total. The summed E-state index contributed by atoms with van der Waals surface area (Å²) in [5.74, 6) is 0.234. The third kappa shape index (κ3) is 1.75. The minimum atomic E-state index is -0.0143. The van der Waals surface area contributed by atoms with Gasteiger partial charge in [0.05, 0.1) is 4.83 Å². The van der Waals surface area contributed by atoms with Gasteiger partial charge < -0.3 is 4.90 Å². The van der Waals surface area contributed by atoms with Gasteiger partial charge in [-0.05, 0) is 27.2 Å². The SMILES string of the molecule is CC(C)(C)N1CC[C@@H](Br)C1=O. The first-order valence-electron chi connectivity index (χ1n) is 3.88. The molecule has 1 amide bonds. The van der Waals surface area contributed by atoms with Crippen LogP contribution in [0.15, 0.2) is 0 Å². The number of carbonyl (C=O) groups is 1. The molecular formula is C8H14BrNO. The van der Waals surface area contributed by atoms with E-state index in [2.05, 4.69) is 36.7 Å². The molecule has 11 heavy (non-hydrogen) atoms. The van der Waals surface area contributed by atoms with Crippen molar-refractivity contribution in [2.45, 2.75) is 37.6 Å². The second-order valence-corrected chi connectivity index (χ2v) is 5.02. The molecular weight excluding hydrogens is 206 g/mol. The van der Waals surface area contributed by atoms with Crippen molar-refractivity contribution in [2.24, 2.45) is 0 Å². The highest BCUT2D eigenvalue weighted by Crippen LogP contribution is 2.25. The molecule has 1 heterocycles. The molecule has 0 aliphatic carbocycles. The van der Waals surface area contributed by atoms with Crippen LogP contribution in [0.5, 0.6) is 0 Å². The lowest BCUT2D eigenvalue weighted by Crippen LogP contribution is -2.43. The number of amides is 1. The smallest absolute Gasteiger partial charge is 0.236 e. The van der Waals surface area contributed by atoms with Crippen molar-refractivity contribution in [3.63, 3.8) is 0 Å². The van der Waals surface area contributed by atoms with Crippen LogP contribution in [0.1, 0.15) is 27.2 Å². The van der Waals surface area contributed by atoms with Crippen molar-refractivity contribution in [1.29, 1.82) is 0 Å². The molecule has 0 aromatic heterocycles. The van der Waals surface area contributed by atoms with E-state index in [9.17, 15) is 4.79 Å². The highest BCUT2D eigenvalue weighted by molar-refractivity contribution is 9.10. The van der Waals surface area contributed by atoms with Gasteiger partial charge in [-0.3, -0.25) is 4.79 Å². The first-order valence-corrected chi connectivity index (χ1v) is 4.80. The van der Waals surface area contributed by atoms with E-state index in [1.54, 1.807) is 0 Å². The topological polar surface area (TPSA) is 20.3 Å². The average molecular weight is 220 g/mol. The molecule has 1 aliphatic rings. The molecule has 0 spiro atoms. The Balaban J connectivity index is 2.70. The Bertz CT molecular complexity index is 173. The van der Waals surface area contributed by atoms with Crippen LogP contribution >= 0.6 is 15.9 Å². The van der Waals surface area contributed by atoms with Gasteiger partial charge in [-0.2, -0.15) is 0 Å². The van der Waals surface area contributed by atoms with Crippen LogP contribution in [0, 0.1) is 0 Å². The normalized spacial score (nSPS) is 26.4. The molecule has 1 rings (SSSR count). The zero-order valence-corrected chi connectivity index (χ0v) is 8.81. The predicted octanol–water partition coefficient (Wildman–Crippen LogP) is 1.78. The van der Waals surface area contributed by atoms with E-state index >= 15 is 0 Å². The number of hydrogen-bond acceptors (Lipinski definition) is 1. The number of likely N-dealkylation sites (tertiary alicyclic amines) is 1. The first kappa shape index (κ1) is 9.04. The summed E-state index contributed by atoms with van der Waals surface area (Å²) in [6.07, 6.45) is 0.941. The van der Waals surface area contributed by atoms with Crippen LogP contribution in [0.4, 0.5) is 0 Å². The van der Waals surface area contributed by atoms with E-state index in [1.807, 2.05) is 4.90 Å². The van der Waals surface area contributed by atoms with E-state index in [0.717, 1.165) is 13.0 Å². The van der Waals surface area contributed by atoms with E-state index in [-0.39, 0.29) is 16.3 Å². The van der Waals surface area contributed by atoms with Crippen molar-refractivity contribution in [2.75, 3.05) is 6.54 Å². The second kappa shape index (κ2) is 2.77. The maximum atomic E-state index is 11.4. The van der Waals surface area contributed by atoms with Gasteiger partial charge in [0.25, 0.3) is 0 Å². The molecule has 0 aromatic carbocycles. The van der Waals surface area contributed by atoms with Crippen LogP contribution < -0.4 is 0 Å². The Morgan fingerprint density at radius 2 is 2.09 bits per heavy atom. The predicted molar refractivity (Wildman–Crippen MR) is 48.8 cm³/mol. The fourth-order valence-corrected chi connectivity index (χ4v) is 1.76. The van der Waals surface area contributed by atoms with Crippen molar-refractivity contribution in [3.05, 3.63) is 0 Å². The maximum absolute atomic E-state index is 11.4. The molecule has 0 radical (unpaired) electrons. The highest BCUT2D eigenvalue weighted by atomic mass is 79.9. The molecule has 1 fully saturated rings. The summed E-state index contributed by atoms with van der Waals surface area (Å²) in [5, 5.41) is 0. The van der Waals surface area contributed by atoms with Gasteiger partial charge in [0, 0.05) is 12.1 Å². The van der Waals surface area contributed by atoms with Crippen molar-refractivity contribution in [3.8, 4) is 0 Å². The third-order valence-corrected chi connectivity index (χ3v) is 2.80. The molecule has 0 aromatic rings. The molecule has 1 aliphatic heterocycles. The van der Waals surface area contributed by atoms with Crippen molar-refractivity contribution < 1.29 is 4.79 Å². The quantitative estimate of drug-likeness (QED) is 0.570. The lowest BCUT2D eigenvalue weighted by Gasteiger charge is -2.31. The Labute approximate surface area is 76.1 Å². The number of alkyl halides is 1. The molecule has 0 unspecified atom stereocenters. The number of halogens is 1. The summed E-state index contributed by atoms with van der Waals surface area (Å²) in [6.45, 7) is 7.08. The number of nitrogens with zero attached hydrogens (tertiary/aromatic N) is 1. The number of carbonyl (C=O) groups excluding carboxylic acids is 1. The second-order valence-electron chi connectivity index (χ2n) is 3.92. The summed E-state index contributed by atoms with van der Waals surface area (Å²) in [4.78, 5) is 13.4. The highest BCUT2D eigenvalue weighted by Gasteiger charge is 2.35. The van der Waals surface area contributed by atoms with Gasteiger partial charge in [-0.25, -0.2) is 0 Å². The van der Waals surface area contributed by atoms with Crippen LogP contribution in [0.25, 0.3) is 0 Å². The van der Waals surface area contributed by atoms with Crippen molar-refractivity contribution >= 4 is 21.8 Å². The van der Waals surface area contributed by atoms with Crippen LogP contribution in [0.3, 0.4) is 0 Å². The minimum Gasteiger partial charge on any atom is -0.337 e. The summed E-state index contributed by atoms with van der Waals surface area (Å²) >= 11 is 3.35. The van der Waals surface area contributed by atoms with E-state index in [0.29, 0.717) is 0 Å². The Hall–Kier alpha value is -0.0500. The monoisotopic (exact) mass is 219 g/mol. The Morgan fingerprint density at radius 1 is 1.55 bits per heavy atom. The zero-order chi connectivity index (χ0) is 8.65. The minimum absolute atomic E-state index is 0.0143. The maximum Gasteiger partial charge on any atom is 0.236 e. The zero-order valence-electron chi connectivity index (χ0n) is 7.22. The fraction of sp³-hybridized carbons (Fsp3) is 0.875. The number of hydrogen-bond donors (Lipinski definition) is 0. The van der Waals surface area contributed by atoms with Gasteiger partial charge in [-0.15, -0.1) is 0 Å². The average Bonchev–Trinajstić information content (AvgIpc) is 2.11. The van der Waals surface area contributed by atoms with E-state index in [4.69, 9.17) is 0 Å². The molecule has 1 atom stereocenters. The van der Waals surface area contributed by atoms with E-state index in [1.165, 1.54) is 0 Å². The van der Waals surface area contributed by atoms with E-state index < -0.39 is 0 Å². The lowest BCUT2D eigenvalue weighted by atomic mass is 10.1. The fourth-order valence-electron chi connectivity index (χ4n) is 1.31. The standard InChI is InChI=1S/C8H14BrNO/c1-8(2,3)10-5-4-6(9)7(10)11/h6H,4-5H2,1-3H3/t6-/m1/s1. The van der Waals surface area contributed by atoms with Gasteiger partial charge >= 0.3 is 0 Å². The summed E-state index contributed by atoms with van der Waals surface area (Å²) in [6, 6.07) is 0. The van der Waals surface area contributed by atoms with Gasteiger partial charge in [0.15, 0.2) is 0 Å². The summed E-state index contributed by atoms with van der Waals surface area (Å²) < 4.78 is 0. The Morgan fingerprint density at radius 3 is 2.27 bits per heavy atom. The lowest BCUT2D eigenvalue weighted by molar-refractivity contribution is -0.131.